The highest BCUT2D eigenvalue weighted by Crippen LogP contribution is 2.25. The van der Waals surface area contributed by atoms with Gasteiger partial charge in [0.25, 0.3) is 0 Å². The van der Waals surface area contributed by atoms with E-state index >= 15 is 0 Å². The SMILES string of the molecule is Cc1nn(C)c(OCCCC(F)(F)F)c1N. The van der Waals surface area contributed by atoms with E-state index < -0.39 is 12.6 Å². The molecular weight excluding hydrogens is 223 g/mol. The van der Waals surface area contributed by atoms with Gasteiger partial charge in [0.05, 0.1) is 12.3 Å². The van der Waals surface area contributed by atoms with Crippen LogP contribution in [0.3, 0.4) is 0 Å². The third-order valence-corrected chi connectivity index (χ3v) is 2.06. The zero-order chi connectivity index (χ0) is 12.3. The number of hydrogen-bond donors (Lipinski definition) is 1. The number of anilines is 1. The number of aryl methyl sites for hydroxylation is 2. The molecule has 92 valence electrons. The lowest BCUT2D eigenvalue weighted by atomic mass is 10.3. The summed E-state index contributed by atoms with van der Waals surface area (Å²) in [7, 11) is 1.63. The highest BCUT2D eigenvalue weighted by molar-refractivity contribution is 5.52. The Morgan fingerprint density at radius 2 is 2.06 bits per heavy atom. The van der Waals surface area contributed by atoms with E-state index in [1.54, 1.807) is 14.0 Å². The second-order valence-corrected chi connectivity index (χ2v) is 3.50. The Morgan fingerprint density at radius 3 is 2.50 bits per heavy atom. The molecule has 1 heterocycles. The van der Waals surface area contributed by atoms with Gasteiger partial charge in [-0.25, -0.2) is 4.68 Å². The Bertz CT molecular complexity index is 360. The van der Waals surface area contributed by atoms with Gasteiger partial charge < -0.3 is 10.5 Å². The van der Waals surface area contributed by atoms with E-state index in [2.05, 4.69) is 5.10 Å². The molecule has 0 radical (unpaired) electrons. The number of ether oxygens (including phenoxy) is 1. The van der Waals surface area contributed by atoms with E-state index in [0.717, 1.165) is 0 Å². The number of nitrogens with zero attached hydrogens (tertiary/aromatic N) is 2. The highest BCUT2D eigenvalue weighted by Gasteiger charge is 2.26. The molecule has 0 saturated carbocycles. The lowest BCUT2D eigenvalue weighted by molar-refractivity contribution is -0.136. The molecule has 2 N–H and O–H groups in total. The smallest absolute Gasteiger partial charge is 0.389 e. The summed E-state index contributed by atoms with van der Waals surface area (Å²) in [6, 6.07) is 0. The molecule has 0 aromatic carbocycles. The van der Waals surface area contributed by atoms with E-state index in [1.807, 2.05) is 0 Å². The quantitative estimate of drug-likeness (QED) is 0.815. The molecule has 0 unspecified atom stereocenters. The maximum Gasteiger partial charge on any atom is 0.389 e. The third kappa shape index (κ3) is 3.32. The molecule has 0 bridgehead atoms. The monoisotopic (exact) mass is 237 g/mol. The molecule has 0 aliphatic carbocycles. The fourth-order valence-corrected chi connectivity index (χ4v) is 1.27. The maximum absolute atomic E-state index is 11.8. The van der Waals surface area contributed by atoms with Crippen LogP contribution in [0.4, 0.5) is 18.9 Å². The molecule has 0 fully saturated rings. The summed E-state index contributed by atoms with van der Waals surface area (Å²) in [5.74, 6) is 0.319. The molecule has 0 amide bonds. The van der Waals surface area contributed by atoms with Crippen molar-refractivity contribution in [1.29, 1.82) is 0 Å². The lowest BCUT2D eigenvalue weighted by Gasteiger charge is -2.08. The van der Waals surface area contributed by atoms with Gasteiger partial charge >= 0.3 is 6.18 Å². The molecular formula is C9H14F3N3O. The zero-order valence-electron chi connectivity index (χ0n) is 9.14. The van der Waals surface area contributed by atoms with Crippen LogP contribution in [0.25, 0.3) is 0 Å². The van der Waals surface area contributed by atoms with E-state index in [0.29, 0.717) is 17.3 Å². The summed E-state index contributed by atoms with van der Waals surface area (Å²) in [6.45, 7) is 1.68. The van der Waals surface area contributed by atoms with Crippen molar-refractivity contribution in [2.24, 2.45) is 7.05 Å². The minimum Gasteiger partial charge on any atom is -0.476 e. The van der Waals surface area contributed by atoms with Crippen LogP contribution >= 0.6 is 0 Å². The van der Waals surface area contributed by atoms with Gasteiger partial charge in [-0.15, -0.1) is 0 Å². The van der Waals surface area contributed by atoms with Crippen molar-refractivity contribution in [3.63, 3.8) is 0 Å². The van der Waals surface area contributed by atoms with Crippen molar-refractivity contribution in [3.8, 4) is 5.88 Å². The van der Waals surface area contributed by atoms with Gasteiger partial charge in [-0.3, -0.25) is 0 Å². The van der Waals surface area contributed by atoms with E-state index in [1.165, 1.54) is 4.68 Å². The molecule has 1 aromatic rings. The minimum atomic E-state index is -4.14. The van der Waals surface area contributed by atoms with E-state index in [-0.39, 0.29) is 13.0 Å². The second kappa shape index (κ2) is 4.63. The predicted octanol–water partition coefficient (Wildman–Crippen LogP) is 2.03. The van der Waals surface area contributed by atoms with Crippen molar-refractivity contribution >= 4 is 5.69 Å². The number of hydrogen-bond acceptors (Lipinski definition) is 3. The van der Waals surface area contributed by atoms with Gasteiger partial charge in [0.15, 0.2) is 0 Å². The van der Waals surface area contributed by atoms with Crippen LogP contribution in [0.5, 0.6) is 5.88 Å². The maximum atomic E-state index is 11.8. The summed E-state index contributed by atoms with van der Waals surface area (Å²) in [6.07, 6.45) is -5.09. The zero-order valence-corrected chi connectivity index (χ0v) is 9.14. The summed E-state index contributed by atoms with van der Waals surface area (Å²) >= 11 is 0. The van der Waals surface area contributed by atoms with Gasteiger partial charge in [0, 0.05) is 13.5 Å². The molecule has 4 nitrogen and oxygen atoms in total. The molecule has 1 aromatic heterocycles. The van der Waals surface area contributed by atoms with Crippen LogP contribution in [0.15, 0.2) is 0 Å². The van der Waals surface area contributed by atoms with Gasteiger partial charge in [-0.2, -0.15) is 18.3 Å². The van der Waals surface area contributed by atoms with Crippen LogP contribution in [0.2, 0.25) is 0 Å². The van der Waals surface area contributed by atoms with Crippen molar-refractivity contribution in [1.82, 2.24) is 9.78 Å². The summed E-state index contributed by atoms with van der Waals surface area (Å²) in [4.78, 5) is 0. The second-order valence-electron chi connectivity index (χ2n) is 3.50. The average molecular weight is 237 g/mol. The molecule has 0 aliphatic rings. The number of alkyl halides is 3. The van der Waals surface area contributed by atoms with Gasteiger partial charge in [-0.05, 0) is 13.3 Å². The fourth-order valence-electron chi connectivity index (χ4n) is 1.27. The fraction of sp³-hybridized carbons (Fsp3) is 0.667. The van der Waals surface area contributed by atoms with Crippen LogP contribution in [0.1, 0.15) is 18.5 Å². The van der Waals surface area contributed by atoms with Crippen molar-refractivity contribution < 1.29 is 17.9 Å². The topological polar surface area (TPSA) is 53.1 Å². The normalized spacial score (nSPS) is 11.8. The highest BCUT2D eigenvalue weighted by atomic mass is 19.4. The number of nitrogen functional groups attached to an aromatic ring is 1. The first-order valence-corrected chi connectivity index (χ1v) is 4.80. The van der Waals surface area contributed by atoms with Crippen LogP contribution in [-0.4, -0.2) is 22.6 Å². The summed E-state index contributed by atoms with van der Waals surface area (Å²) in [5.41, 5.74) is 6.62. The summed E-state index contributed by atoms with van der Waals surface area (Å²) in [5, 5.41) is 3.98. The Morgan fingerprint density at radius 1 is 1.44 bits per heavy atom. The Kier molecular flexibility index (Phi) is 3.66. The standard InChI is InChI=1S/C9H14F3N3O/c1-6-7(13)8(15(2)14-6)16-5-3-4-9(10,11)12/h3-5,13H2,1-2H3. The first-order chi connectivity index (χ1) is 7.31. The summed E-state index contributed by atoms with van der Waals surface area (Å²) < 4.78 is 42.1. The minimum absolute atomic E-state index is 0.0251. The van der Waals surface area contributed by atoms with Crippen LogP contribution in [-0.2, 0) is 7.05 Å². The van der Waals surface area contributed by atoms with Crippen LogP contribution in [0, 0.1) is 6.92 Å². The van der Waals surface area contributed by atoms with E-state index in [4.69, 9.17) is 10.5 Å². The molecule has 16 heavy (non-hydrogen) atoms. The number of nitrogens with two attached hydrogens (primary N) is 1. The van der Waals surface area contributed by atoms with Gasteiger partial charge in [0.2, 0.25) is 5.88 Å². The molecule has 0 aliphatic heterocycles. The van der Waals surface area contributed by atoms with Gasteiger partial charge in [0.1, 0.15) is 5.69 Å². The average Bonchev–Trinajstić information content (AvgIpc) is 2.36. The van der Waals surface area contributed by atoms with E-state index in [9.17, 15) is 13.2 Å². The number of halogens is 3. The van der Waals surface area contributed by atoms with Crippen LogP contribution < -0.4 is 10.5 Å². The Hall–Kier alpha value is -1.40. The molecule has 0 saturated heterocycles. The van der Waals surface area contributed by atoms with Crippen molar-refractivity contribution in [2.45, 2.75) is 25.9 Å². The van der Waals surface area contributed by atoms with Gasteiger partial charge in [-0.1, -0.05) is 0 Å². The Labute approximate surface area is 91.2 Å². The first-order valence-electron chi connectivity index (χ1n) is 4.80. The molecule has 1 rings (SSSR count). The van der Waals surface area contributed by atoms with Crippen molar-refractivity contribution in [3.05, 3.63) is 5.69 Å². The van der Waals surface area contributed by atoms with Crippen molar-refractivity contribution in [2.75, 3.05) is 12.3 Å². The molecule has 0 atom stereocenters. The number of aromatic nitrogens is 2. The lowest BCUT2D eigenvalue weighted by Crippen LogP contribution is -2.11. The first kappa shape index (κ1) is 12.7. The Balaban J connectivity index is 2.43. The number of rotatable bonds is 4. The third-order valence-electron chi connectivity index (χ3n) is 2.06. The predicted molar refractivity (Wildman–Crippen MR) is 53.1 cm³/mol. The molecule has 7 heteroatoms. The molecule has 0 spiro atoms. The largest absolute Gasteiger partial charge is 0.476 e.